The minimum atomic E-state index is -3.83. The molecule has 0 saturated carbocycles. The summed E-state index contributed by atoms with van der Waals surface area (Å²) in [6.45, 7) is -2.92. The van der Waals surface area contributed by atoms with Crippen LogP contribution < -0.4 is 14.8 Å². The Balaban J connectivity index is 1.61. The van der Waals surface area contributed by atoms with Crippen molar-refractivity contribution in [1.82, 2.24) is 0 Å². The average molecular weight is 479 g/mol. The van der Waals surface area contributed by atoms with Gasteiger partial charge in [0, 0.05) is 11.8 Å². The zero-order valence-corrected chi connectivity index (χ0v) is 17.9. The van der Waals surface area contributed by atoms with Crippen LogP contribution >= 0.6 is 11.6 Å². The lowest BCUT2D eigenvalue weighted by atomic mass is 10.2. The number of carbonyl (C=O) groups excluding carboxylic acids is 1. The molecule has 0 heterocycles. The second-order valence-corrected chi connectivity index (χ2v) is 8.47. The van der Waals surface area contributed by atoms with E-state index in [4.69, 9.17) is 11.6 Å². The molecular weight excluding hydrogens is 462 g/mol. The van der Waals surface area contributed by atoms with Crippen molar-refractivity contribution in [1.29, 1.82) is 0 Å². The molecule has 3 aromatic carbocycles. The number of hydrogen-bond acceptors (Lipinski definition) is 4. The van der Waals surface area contributed by atoms with E-state index in [1.165, 1.54) is 48.6 Å². The van der Waals surface area contributed by atoms with Crippen molar-refractivity contribution in [2.75, 3.05) is 10.0 Å². The van der Waals surface area contributed by atoms with E-state index in [0.717, 1.165) is 0 Å². The molecule has 2 N–H and O–H groups in total. The number of para-hydroxylation sites is 1. The van der Waals surface area contributed by atoms with E-state index in [0.29, 0.717) is 11.3 Å². The van der Waals surface area contributed by atoms with Gasteiger partial charge in [-0.2, -0.15) is 8.78 Å². The van der Waals surface area contributed by atoms with Gasteiger partial charge in [0.2, 0.25) is 5.91 Å². The molecule has 0 aliphatic rings. The Labute approximate surface area is 188 Å². The summed E-state index contributed by atoms with van der Waals surface area (Å²) < 4.78 is 56.0. The number of benzene rings is 3. The predicted molar refractivity (Wildman–Crippen MR) is 119 cm³/mol. The SMILES string of the molecule is O=C(/C=C/c1ccc(S(=O)(=O)Nc2ccccc2Cl)cc1)Nc1ccc(OC(F)F)cc1. The van der Waals surface area contributed by atoms with E-state index in [1.807, 2.05) is 0 Å². The van der Waals surface area contributed by atoms with Crippen molar-refractivity contribution >= 4 is 45.0 Å². The van der Waals surface area contributed by atoms with Crippen molar-refractivity contribution < 1.29 is 26.7 Å². The van der Waals surface area contributed by atoms with Crippen LogP contribution in [0.15, 0.2) is 83.8 Å². The van der Waals surface area contributed by atoms with Gasteiger partial charge in [0.1, 0.15) is 5.75 Å². The molecule has 0 radical (unpaired) electrons. The Hall–Kier alpha value is -3.43. The van der Waals surface area contributed by atoms with Gasteiger partial charge in [0.25, 0.3) is 10.0 Å². The molecule has 0 unspecified atom stereocenters. The standard InChI is InChI=1S/C22H17ClF2N2O4S/c23-19-3-1-2-4-20(19)27-32(29,30)18-12-5-15(6-13-18)7-14-21(28)26-16-8-10-17(11-9-16)31-22(24)25/h1-14,22,27H,(H,26,28)/b14-7+. The minimum Gasteiger partial charge on any atom is -0.435 e. The third-order valence-electron chi connectivity index (χ3n) is 4.08. The lowest BCUT2D eigenvalue weighted by molar-refractivity contribution is -0.111. The highest BCUT2D eigenvalue weighted by Gasteiger charge is 2.15. The molecule has 1 amide bonds. The lowest BCUT2D eigenvalue weighted by Crippen LogP contribution is -2.13. The Morgan fingerprint density at radius 1 is 0.969 bits per heavy atom. The molecule has 0 bridgehead atoms. The fourth-order valence-electron chi connectivity index (χ4n) is 2.58. The molecule has 0 aromatic heterocycles. The van der Waals surface area contributed by atoms with E-state index < -0.39 is 22.5 Å². The lowest BCUT2D eigenvalue weighted by Gasteiger charge is -2.09. The minimum absolute atomic E-state index is 0.0207. The molecule has 166 valence electrons. The second kappa shape index (κ2) is 10.3. The monoisotopic (exact) mass is 478 g/mol. The van der Waals surface area contributed by atoms with Crippen LogP contribution in [0.5, 0.6) is 5.75 Å². The van der Waals surface area contributed by atoms with Gasteiger partial charge in [-0.15, -0.1) is 0 Å². The van der Waals surface area contributed by atoms with Crippen LogP contribution in [0.4, 0.5) is 20.2 Å². The molecule has 0 aliphatic heterocycles. The van der Waals surface area contributed by atoms with Crippen LogP contribution in [0.1, 0.15) is 5.56 Å². The van der Waals surface area contributed by atoms with E-state index in [1.54, 1.807) is 36.4 Å². The molecule has 10 heteroatoms. The van der Waals surface area contributed by atoms with Crippen LogP contribution in [0.25, 0.3) is 6.08 Å². The van der Waals surface area contributed by atoms with Crippen molar-refractivity contribution in [3.8, 4) is 5.75 Å². The first-order valence-corrected chi connectivity index (χ1v) is 11.0. The van der Waals surface area contributed by atoms with Crippen molar-refractivity contribution in [3.63, 3.8) is 0 Å². The molecule has 6 nitrogen and oxygen atoms in total. The first kappa shape index (κ1) is 23.2. The number of carbonyl (C=O) groups is 1. The zero-order valence-electron chi connectivity index (χ0n) is 16.3. The van der Waals surface area contributed by atoms with Crippen LogP contribution in [0.3, 0.4) is 0 Å². The van der Waals surface area contributed by atoms with Crippen LogP contribution in [0.2, 0.25) is 5.02 Å². The maximum Gasteiger partial charge on any atom is 0.387 e. The summed E-state index contributed by atoms with van der Waals surface area (Å²) in [5, 5.41) is 2.85. The smallest absolute Gasteiger partial charge is 0.387 e. The first-order valence-electron chi connectivity index (χ1n) is 9.14. The van der Waals surface area contributed by atoms with Gasteiger partial charge < -0.3 is 10.1 Å². The third kappa shape index (κ3) is 6.53. The molecule has 3 rings (SSSR count). The van der Waals surface area contributed by atoms with Gasteiger partial charge in [0.15, 0.2) is 0 Å². The van der Waals surface area contributed by atoms with Crippen LogP contribution in [0, 0.1) is 0 Å². The number of rotatable bonds is 8. The summed E-state index contributed by atoms with van der Waals surface area (Å²) in [4.78, 5) is 12.1. The number of ether oxygens (including phenoxy) is 1. The van der Waals surface area contributed by atoms with Gasteiger partial charge in [-0.05, 0) is 60.2 Å². The van der Waals surface area contributed by atoms with Gasteiger partial charge in [-0.25, -0.2) is 8.42 Å². The Morgan fingerprint density at radius 2 is 1.62 bits per heavy atom. The number of anilines is 2. The maximum atomic E-state index is 12.5. The second-order valence-electron chi connectivity index (χ2n) is 6.38. The van der Waals surface area contributed by atoms with Crippen molar-refractivity contribution in [2.24, 2.45) is 0 Å². The first-order chi connectivity index (χ1) is 15.2. The van der Waals surface area contributed by atoms with Crippen LogP contribution in [-0.4, -0.2) is 20.9 Å². The average Bonchev–Trinajstić information content (AvgIpc) is 2.75. The van der Waals surface area contributed by atoms with E-state index in [9.17, 15) is 22.0 Å². The highest BCUT2D eigenvalue weighted by Crippen LogP contribution is 2.24. The molecular formula is C22H17ClF2N2O4S. The Kier molecular flexibility index (Phi) is 7.45. The molecule has 0 saturated heterocycles. The zero-order chi connectivity index (χ0) is 23.1. The summed E-state index contributed by atoms with van der Waals surface area (Å²) in [7, 11) is -3.83. The van der Waals surface area contributed by atoms with Gasteiger partial charge in [0.05, 0.1) is 15.6 Å². The van der Waals surface area contributed by atoms with E-state index in [-0.39, 0.29) is 21.4 Å². The Morgan fingerprint density at radius 3 is 2.25 bits per heavy atom. The predicted octanol–water partition coefficient (Wildman–Crippen LogP) is 5.39. The van der Waals surface area contributed by atoms with E-state index in [2.05, 4.69) is 14.8 Å². The summed E-state index contributed by atoms with van der Waals surface area (Å²) in [6, 6.07) is 17.8. The topological polar surface area (TPSA) is 84.5 Å². The Bertz CT molecular complexity index is 1220. The molecule has 0 atom stereocenters. The summed E-state index contributed by atoms with van der Waals surface area (Å²) >= 11 is 5.99. The summed E-state index contributed by atoms with van der Waals surface area (Å²) in [6.07, 6.45) is 2.76. The number of amides is 1. The van der Waals surface area contributed by atoms with Gasteiger partial charge >= 0.3 is 6.61 Å². The fourth-order valence-corrected chi connectivity index (χ4v) is 3.90. The largest absolute Gasteiger partial charge is 0.435 e. The number of nitrogens with one attached hydrogen (secondary N) is 2. The van der Waals surface area contributed by atoms with Gasteiger partial charge in [-0.3, -0.25) is 9.52 Å². The molecule has 0 spiro atoms. The molecule has 0 aliphatic carbocycles. The number of sulfonamides is 1. The van der Waals surface area contributed by atoms with Crippen molar-refractivity contribution in [2.45, 2.75) is 11.5 Å². The quantitative estimate of drug-likeness (QED) is 0.425. The van der Waals surface area contributed by atoms with Gasteiger partial charge in [-0.1, -0.05) is 35.9 Å². The third-order valence-corrected chi connectivity index (χ3v) is 5.79. The molecule has 3 aromatic rings. The van der Waals surface area contributed by atoms with E-state index >= 15 is 0 Å². The molecule has 0 fully saturated rings. The van der Waals surface area contributed by atoms with Crippen molar-refractivity contribution in [3.05, 3.63) is 89.5 Å². The summed E-state index contributed by atoms with van der Waals surface area (Å²) in [5.74, 6) is -0.475. The highest BCUT2D eigenvalue weighted by atomic mass is 35.5. The number of hydrogen-bond donors (Lipinski definition) is 2. The highest BCUT2D eigenvalue weighted by molar-refractivity contribution is 7.92. The molecule has 32 heavy (non-hydrogen) atoms. The normalized spacial score (nSPS) is 11.5. The number of alkyl halides is 2. The number of halogens is 3. The fraction of sp³-hybridized carbons (Fsp3) is 0.0455. The summed E-state index contributed by atoms with van der Waals surface area (Å²) in [5.41, 5.74) is 1.26. The van der Waals surface area contributed by atoms with Crippen LogP contribution in [-0.2, 0) is 14.8 Å². The maximum absolute atomic E-state index is 12.5.